The molecule has 1 unspecified atom stereocenters. The highest BCUT2D eigenvalue weighted by Crippen LogP contribution is 2.33. The Hall–Kier alpha value is -0.950. The second-order valence-corrected chi connectivity index (χ2v) is 7.04. The number of benzene rings is 1. The molecule has 0 radical (unpaired) electrons. The summed E-state index contributed by atoms with van der Waals surface area (Å²) in [5.74, 6) is 2.22. The number of nitrogen functional groups attached to an aromatic ring is 1. The Bertz CT molecular complexity index is 515. The van der Waals surface area contributed by atoms with E-state index in [1.54, 1.807) is 24.3 Å². The summed E-state index contributed by atoms with van der Waals surface area (Å²) in [6.45, 7) is 4.19. The van der Waals surface area contributed by atoms with Crippen molar-refractivity contribution >= 4 is 35.8 Å². The number of morpholine rings is 1. The zero-order valence-corrected chi connectivity index (χ0v) is 14.8. The SMILES string of the molecule is Cl.Nc1ccc(C(=O)NCC2(N3CCOCC3)CCSC2)cc1. The number of nitrogens with one attached hydrogen (secondary N) is 1. The van der Waals surface area contributed by atoms with E-state index in [1.807, 2.05) is 11.8 Å². The van der Waals surface area contributed by atoms with E-state index in [9.17, 15) is 4.79 Å². The molecule has 128 valence electrons. The average molecular weight is 358 g/mol. The number of carbonyl (C=O) groups excluding carboxylic acids is 1. The van der Waals surface area contributed by atoms with E-state index in [0.717, 1.165) is 44.2 Å². The van der Waals surface area contributed by atoms with Gasteiger partial charge in [0, 0.05) is 42.2 Å². The molecular weight excluding hydrogens is 334 g/mol. The minimum absolute atomic E-state index is 0. The van der Waals surface area contributed by atoms with Crippen molar-refractivity contribution in [2.45, 2.75) is 12.0 Å². The second-order valence-electron chi connectivity index (χ2n) is 5.93. The quantitative estimate of drug-likeness (QED) is 0.802. The van der Waals surface area contributed by atoms with E-state index in [2.05, 4.69) is 10.2 Å². The van der Waals surface area contributed by atoms with Gasteiger partial charge in [-0.3, -0.25) is 9.69 Å². The molecule has 23 heavy (non-hydrogen) atoms. The van der Waals surface area contributed by atoms with Gasteiger partial charge in [0.25, 0.3) is 5.91 Å². The fourth-order valence-corrected chi connectivity index (χ4v) is 4.59. The number of nitrogens with zero attached hydrogens (tertiary/aromatic N) is 1. The minimum Gasteiger partial charge on any atom is -0.399 e. The fraction of sp³-hybridized carbons (Fsp3) is 0.562. The van der Waals surface area contributed by atoms with E-state index in [0.29, 0.717) is 17.8 Å². The third kappa shape index (κ3) is 4.32. The third-order valence-electron chi connectivity index (χ3n) is 4.52. The van der Waals surface area contributed by atoms with Crippen LogP contribution in [0.4, 0.5) is 5.69 Å². The van der Waals surface area contributed by atoms with E-state index in [4.69, 9.17) is 10.5 Å². The van der Waals surface area contributed by atoms with Crippen molar-refractivity contribution in [3.8, 4) is 0 Å². The summed E-state index contributed by atoms with van der Waals surface area (Å²) < 4.78 is 5.46. The van der Waals surface area contributed by atoms with Gasteiger partial charge in [-0.15, -0.1) is 12.4 Å². The molecule has 5 nitrogen and oxygen atoms in total. The summed E-state index contributed by atoms with van der Waals surface area (Å²) >= 11 is 1.97. The number of nitrogens with two attached hydrogens (primary N) is 1. The molecule has 0 saturated carbocycles. The molecule has 2 aliphatic heterocycles. The zero-order chi connectivity index (χ0) is 15.4. The molecule has 0 aromatic heterocycles. The van der Waals surface area contributed by atoms with Crippen LogP contribution in [-0.2, 0) is 4.74 Å². The first-order valence-electron chi connectivity index (χ1n) is 7.74. The van der Waals surface area contributed by atoms with E-state index < -0.39 is 0 Å². The highest BCUT2D eigenvalue weighted by molar-refractivity contribution is 7.99. The number of hydrogen-bond donors (Lipinski definition) is 2. The van der Waals surface area contributed by atoms with Gasteiger partial charge in [-0.2, -0.15) is 11.8 Å². The van der Waals surface area contributed by atoms with Gasteiger partial charge >= 0.3 is 0 Å². The van der Waals surface area contributed by atoms with Gasteiger partial charge < -0.3 is 15.8 Å². The van der Waals surface area contributed by atoms with Crippen LogP contribution in [-0.4, -0.2) is 60.7 Å². The molecule has 0 bridgehead atoms. The monoisotopic (exact) mass is 357 g/mol. The van der Waals surface area contributed by atoms with Crippen molar-refractivity contribution in [2.24, 2.45) is 0 Å². The molecule has 3 N–H and O–H groups in total. The first-order valence-corrected chi connectivity index (χ1v) is 8.89. The number of ether oxygens (including phenoxy) is 1. The summed E-state index contributed by atoms with van der Waals surface area (Å²) in [6, 6.07) is 7.07. The van der Waals surface area contributed by atoms with Crippen LogP contribution in [0.5, 0.6) is 0 Å². The number of halogens is 1. The molecule has 0 aliphatic carbocycles. The molecule has 2 saturated heterocycles. The second kappa shape index (κ2) is 8.24. The van der Waals surface area contributed by atoms with Gasteiger partial charge in [-0.1, -0.05) is 0 Å². The maximum Gasteiger partial charge on any atom is 0.251 e. The van der Waals surface area contributed by atoms with Crippen LogP contribution in [0.15, 0.2) is 24.3 Å². The first-order chi connectivity index (χ1) is 10.7. The smallest absolute Gasteiger partial charge is 0.251 e. The number of thioether (sulfide) groups is 1. The van der Waals surface area contributed by atoms with Crippen molar-refractivity contribution in [1.82, 2.24) is 10.2 Å². The average Bonchev–Trinajstić information content (AvgIpc) is 3.04. The Balaban J connectivity index is 0.00000192. The van der Waals surface area contributed by atoms with Crippen molar-refractivity contribution in [2.75, 3.05) is 50.1 Å². The molecule has 1 atom stereocenters. The van der Waals surface area contributed by atoms with Crippen molar-refractivity contribution in [3.63, 3.8) is 0 Å². The predicted molar refractivity (Wildman–Crippen MR) is 97.5 cm³/mol. The van der Waals surface area contributed by atoms with Gasteiger partial charge in [-0.05, 0) is 36.4 Å². The molecule has 0 spiro atoms. The Morgan fingerprint density at radius 1 is 1.30 bits per heavy atom. The summed E-state index contributed by atoms with van der Waals surface area (Å²) in [5.41, 5.74) is 7.09. The van der Waals surface area contributed by atoms with Crippen LogP contribution in [0, 0.1) is 0 Å². The lowest BCUT2D eigenvalue weighted by atomic mass is 9.95. The molecule has 2 heterocycles. The van der Waals surface area contributed by atoms with Gasteiger partial charge in [0.05, 0.1) is 13.2 Å². The van der Waals surface area contributed by atoms with E-state index in [1.165, 1.54) is 0 Å². The number of hydrogen-bond acceptors (Lipinski definition) is 5. The largest absolute Gasteiger partial charge is 0.399 e. The maximum absolute atomic E-state index is 12.3. The Morgan fingerprint density at radius 2 is 2.00 bits per heavy atom. The molecule has 2 aliphatic rings. The van der Waals surface area contributed by atoms with Crippen LogP contribution in [0.1, 0.15) is 16.8 Å². The van der Waals surface area contributed by atoms with E-state index >= 15 is 0 Å². The number of rotatable bonds is 4. The van der Waals surface area contributed by atoms with Crippen molar-refractivity contribution in [1.29, 1.82) is 0 Å². The van der Waals surface area contributed by atoms with Gasteiger partial charge in [0.1, 0.15) is 0 Å². The lowest BCUT2D eigenvalue weighted by Crippen LogP contribution is -2.59. The fourth-order valence-electron chi connectivity index (χ4n) is 3.12. The summed E-state index contributed by atoms with van der Waals surface area (Å²) in [5, 5.41) is 3.12. The van der Waals surface area contributed by atoms with Crippen LogP contribution in [0.2, 0.25) is 0 Å². The molecule has 1 aromatic rings. The van der Waals surface area contributed by atoms with E-state index in [-0.39, 0.29) is 23.9 Å². The topological polar surface area (TPSA) is 67.6 Å². The maximum atomic E-state index is 12.3. The van der Waals surface area contributed by atoms with Crippen LogP contribution >= 0.6 is 24.2 Å². The zero-order valence-electron chi connectivity index (χ0n) is 13.1. The molecule has 1 amide bonds. The van der Waals surface area contributed by atoms with Gasteiger partial charge in [-0.25, -0.2) is 0 Å². The van der Waals surface area contributed by atoms with Crippen molar-refractivity contribution < 1.29 is 9.53 Å². The molecule has 1 aromatic carbocycles. The van der Waals surface area contributed by atoms with Gasteiger partial charge in [0.15, 0.2) is 0 Å². The summed E-state index contributed by atoms with van der Waals surface area (Å²) in [4.78, 5) is 14.8. The van der Waals surface area contributed by atoms with Crippen LogP contribution < -0.4 is 11.1 Å². The third-order valence-corrected chi connectivity index (χ3v) is 5.75. The van der Waals surface area contributed by atoms with Crippen LogP contribution in [0.25, 0.3) is 0 Å². The lowest BCUT2D eigenvalue weighted by Gasteiger charge is -2.43. The van der Waals surface area contributed by atoms with Crippen molar-refractivity contribution in [3.05, 3.63) is 29.8 Å². The molecule has 2 fully saturated rings. The Morgan fingerprint density at radius 3 is 2.61 bits per heavy atom. The Kier molecular flexibility index (Phi) is 6.59. The standard InChI is InChI=1S/C16H23N3O2S.ClH/c17-14-3-1-13(2-4-14)15(20)18-11-16(5-10-22-12-16)19-6-8-21-9-7-19;/h1-4H,5-12,17H2,(H,18,20);1H. The molecular formula is C16H24ClN3O2S. The highest BCUT2D eigenvalue weighted by Gasteiger charge is 2.40. The van der Waals surface area contributed by atoms with Gasteiger partial charge in [0.2, 0.25) is 0 Å². The molecule has 7 heteroatoms. The molecule has 3 rings (SSSR count). The summed E-state index contributed by atoms with van der Waals surface area (Å²) in [6.07, 6.45) is 1.12. The number of anilines is 1. The predicted octanol–water partition coefficient (Wildman–Crippen LogP) is 1.63. The number of carbonyl (C=O) groups is 1. The Labute approximate surface area is 147 Å². The normalized spacial score (nSPS) is 24.9. The summed E-state index contributed by atoms with van der Waals surface area (Å²) in [7, 11) is 0. The number of amides is 1. The minimum atomic E-state index is -0.0236. The lowest BCUT2D eigenvalue weighted by molar-refractivity contribution is -0.0129. The van der Waals surface area contributed by atoms with Crippen LogP contribution in [0.3, 0.4) is 0 Å². The first kappa shape index (κ1) is 18.4. The highest BCUT2D eigenvalue weighted by atomic mass is 35.5.